The Hall–Kier alpha value is -1.56. The van der Waals surface area contributed by atoms with E-state index in [-0.39, 0.29) is 37.9 Å². The average molecular weight is 455 g/mol. The Bertz CT molecular complexity index is 1060. The summed E-state index contributed by atoms with van der Waals surface area (Å²) in [5, 5.41) is 18.5. The van der Waals surface area contributed by atoms with Gasteiger partial charge in [0.2, 0.25) is 20.0 Å². The van der Waals surface area contributed by atoms with Crippen molar-refractivity contribution in [3.63, 3.8) is 0 Å². The van der Waals surface area contributed by atoms with E-state index in [1.165, 1.54) is 13.0 Å². The summed E-state index contributed by atoms with van der Waals surface area (Å²) in [4.78, 5) is -0.351. The molecule has 27 heavy (non-hydrogen) atoms. The molecular formula is C15H16Cl2N2O6S2. The Morgan fingerprint density at radius 2 is 1.33 bits per heavy atom. The first-order chi connectivity index (χ1) is 12.4. The van der Waals surface area contributed by atoms with E-state index in [9.17, 15) is 27.0 Å². The van der Waals surface area contributed by atoms with Crippen molar-refractivity contribution in [1.29, 1.82) is 0 Å². The molecule has 2 rings (SSSR count). The van der Waals surface area contributed by atoms with Crippen molar-refractivity contribution < 1.29 is 27.0 Å². The zero-order valence-electron chi connectivity index (χ0n) is 13.8. The summed E-state index contributed by atoms with van der Waals surface area (Å²) >= 11 is 11.4. The third kappa shape index (κ3) is 5.47. The molecule has 0 saturated heterocycles. The molecule has 0 aromatic heterocycles. The second-order valence-electron chi connectivity index (χ2n) is 5.60. The number of sulfonamides is 2. The first kappa shape index (κ1) is 21.7. The van der Waals surface area contributed by atoms with E-state index in [1.54, 1.807) is 0 Å². The zero-order chi connectivity index (χ0) is 20.4. The van der Waals surface area contributed by atoms with E-state index in [4.69, 9.17) is 23.2 Å². The average Bonchev–Trinajstić information content (AvgIpc) is 2.57. The fraction of sp³-hybridized carbons (Fsp3) is 0.200. The predicted molar refractivity (Wildman–Crippen MR) is 101 cm³/mol. The molecule has 0 heterocycles. The van der Waals surface area contributed by atoms with Gasteiger partial charge in [0.1, 0.15) is 11.5 Å². The molecule has 2 aromatic carbocycles. The highest BCUT2D eigenvalue weighted by Gasteiger charge is 2.21. The van der Waals surface area contributed by atoms with Gasteiger partial charge in [-0.05, 0) is 43.3 Å². The SMILES string of the molecule is CC(CNS(=O)(=O)c1ccc(O)c(Cl)c1)NS(=O)(=O)c1ccc(O)c(Cl)c1. The van der Waals surface area contributed by atoms with Crippen molar-refractivity contribution in [3.8, 4) is 11.5 Å². The van der Waals surface area contributed by atoms with Crippen LogP contribution >= 0.6 is 23.2 Å². The lowest BCUT2D eigenvalue weighted by Crippen LogP contribution is -2.41. The van der Waals surface area contributed by atoms with Crippen molar-refractivity contribution in [2.24, 2.45) is 0 Å². The first-order valence-corrected chi connectivity index (χ1v) is 11.1. The summed E-state index contributed by atoms with van der Waals surface area (Å²) < 4.78 is 53.7. The number of halogens is 2. The maximum Gasteiger partial charge on any atom is 0.240 e. The number of hydrogen-bond donors (Lipinski definition) is 4. The minimum absolute atomic E-state index is 0.129. The molecule has 0 spiro atoms. The van der Waals surface area contributed by atoms with Crippen LogP contribution in [0.25, 0.3) is 0 Å². The van der Waals surface area contributed by atoms with Gasteiger partial charge < -0.3 is 10.2 Å². The topological polar surface area (TPSA) is 133 Å². The van der Waals surface area contributed by atoms with Gasteiger partial charge in [0.15, 0.2) is 0 Å². The lowest BCUT2D eigenvalue weighted by molar-refractivity contribution is 0.474. The van der Waals surface area contributed by atoms with E-state index in [0.29, 0.717) is 0 Å². The Kier molecular flexibility index (Phi) is 6.61. The minimum atomic E-state index is -3.98. The van der Waals surface area contributed by atoms with Gasteiger partial charge >= 0.3 is 0 Å². The summed E-state index contributed by atoms with van der Waals surface area (Å²) in [5.41, 5.74) is 0. The number of hydrogen-bond acceptors (Lipinski definition) is 6. The maximum atomic E-state index is 12.3. The number of benzene rings is 2. The van der Waals surface area contributed by atoms with Crippen LogP contribution in [-0.2, 0) is 20.0 Å². The normalized spacial score (nSPS) is 13.4. The maximum absolute atomic E-state index is 12.3. The number of phenolic OH excluding ortho intramolecular Hbond substituents is 2. The van der Waals surface area contributed by atoms with Gasteiger partial charge in [-0.15, -0.1) is 0 Å². The molecular weight excluding hydrogens is 439 g/mol. The highest BCUT2D eigenvalue weighted by molar-refractivity contribution is 7.90. The summed E-state index contributed by atoms with van der Waals surface area (Å²) in [6, 6.07) is 5.96. The Morgan fingerprint density at radius 1 is 0.889 bits per heavy atom. The van der Waals surface area contributed by atoms with Crippen LogP contribution in [0, 0.1) is 0 Å². The fourth-order valence-corrected chi connectivity index (χ4v) is 4.92. The molecule has 0 aliphatic heterocycles. The second kappa shape index (κ2) is 8.21. The van der Waals surface area contributed by atoms with Gasteiger partial charge in [0, 0.05) is 12.6 Å². The molecule has 0 radical (unpaired) electrons. The van der Waals surface area contributed by atoms with E-state index < -0.39 is 26.1 Å². The zero-order valence-corrected chi connectivity index (χ0v) is 17.0. The summed E-state index contributed by atoms with van der Waals surface area (Å²) in [7, 11) is -7.94. The molecule has 4 N–H and O–H groups in total. The summed E-state index contributed by atoms with van der Waals surface area (Å²) in [6.07, 6.45) is 0. The van der Waals surface area contributed by atoms with Crippen LogP contribution in [0.1, 0.15) is 6.92 Å². The van der Waals surface area contributed by atoms with Gasteiger partial charge in [0.05, 0.1) is 19.8 Å². The molecule has 0 aliphatic rings. The van der Waals surface area contributed by atoms with Crippen LogP contribution < -0.4 is 9.44 Å². The molecule has 1 atom stereocenters. The molecule has 2 aromatic rings. The van der Waals surface area contributed by atoms with Gasteiger partial charge in [-0.25, -0.2) is 26.3 Å². The Morgan fingerprint density at radius 3 is 1.78 bits per heavy atom. The molecule has 1 unspecified atom stereocenters. The number of aromatic hydroxyl groups is 2. The monoisotopic (exact) mass is 454 g/mol. The first-order valence-electron chi connectivity index (χ1n) is 7.41. The Balaban J connectivity index is 2.07. The predicted octanol–water partition coefficient (Wildman–Crippen LogP) is 2.05. The summed E-state index contributed by atoms with van der Waals surface area (Å²) in [5.74, 6) is -0.520. The minimum Gasteiger partial charge on any atom is -0.506 e. The van der Waals surface area contributed by atoms with Crippen LogP contribution in [-0.4, -0.2) is 39.6 Å². The molecule has 0 bridgehead atoms. The molecule has 0 aliphatic carbocycles. The molecule has 0 saturated carbocycles. The quantitative estimate of drug-likeness (QED) is 0.505. The summed E-state index contributed by atoms with van der Waals surface area (Å²) in [6.45, 7) is 1.22. The molecule has 8 nitrogen and oxygen atoms in total. The van der Waals surface area contributed by atoms with Crippen molar-refractivity contribution in [1.82, 2.24) is 9.44 Å². The number of rotatable bonds is 7. The van der Waals surface area contributed by atoms with Crippen LogP contribution in [0.3, 0.4) is 0 Å². The van der Waals surface area contributed by atoms with Crippen LogP contribution in [0.5, 0.6) is 11.5 Å². The van der Waals surface area contributed by atoms with Crippen molar-refractivity contribution in [2.75, 3.05) is 6.54 Å². The molecule has 12 heteroatoms. The van der Waals surface area contributed by atoms with E-state index >= 15 is 0 Å². The fourth-order valence-electron chi connectivity index (χ4n) is 2.00. The molecule has 0 amide bonds. The third-order valence-electron chi connectivity index (χ3n) is 3.39. The van der Waals surface area contributed by atoms with E-state index in [2.05, 4.69) is 9.44 Å². The highest BCUT2D eigenvalue weighted by Crippen LogP contribution is 2.26. The van der Waals surface area contributed by atoms with Crippen molar-refractivity contribution >= 4 is 43.2 Å². The Labute approximate surface area is 166 Å². The van der Waals surface area contributed by atoms with Crippen LogP contribution in [0.15, 0.2) is 46.2 Å². The van der Waals surface area contributed by atoms with Gasteiger partial charge in [-0.2, -0.15) is 0 Å². The number of nitrogens with one attached hydrogen (secondary N) is 2. The van der Waals surface area contributed by atoms with Crippen LogP contribution in [0.4, 0.5) is 0 Å². The number of phenols is 2. The largest absolute Gasteiger partial charge is 0.506 e. The molecule has 0 fully saturated rings. The smallest absolute Gasteiger partial charge is 0.240 e. The van der Waals surface area contributed by atoms with E-state index in [1.807, 2.05) is 0 Å². The van der Waals surface area contributed by atoms with Gasteiger partial charge in [0.25, 0.3) is 0 Å². The lowest BCUT2D eigenvalue weighted by atomic mass is 10.3. The highest BCUT2D eigenvalue weighted by atomic mass is 35.5. The van der Waals surface area contributed by atoms with Gasteiger partial charge in [-0.3, -0.25) is 0 Å². The van der Waals surface area contributed by atoms with Crippen molar-refractivity contribution in [3.05, 3.63) is 46.4 Å². The van der Waals surface area contributed by atoms with Crippen LogP contribution in [0.2, 0.25) is 10.0 Å². The third-order valence-corrected chi connectivity index (χ3v) is 7.01. The standard InChI is InChI=1S/C15H16Cl2N2O6S2/c1-9(19-27(24,25)11-3-5-15(21)13(17)7-11)8-18-26(22,23)10-2-4-14(20)12(16)6-10/h2-7,9,18-21H,8H2,1H3. The lowest BCUT2D eigenvalue weighted by Gasteiger charge is -2.16. The van der Waals surface area contributed by atoms with Crippen molar-refractivity contribution in [2.45, 2.75) is 22.8 Å². The van der Waals surface area contributed by atoms with E-state index in [0.717, 1.165) is 30.3 Å². The van der Waals surface area contributed by atoms with Gasteiger partial charge in [-0.1, -0.05) is 23.2 Å². The molecule has 148 valence electrons. The second-order valence-corrected chi connectivity index (χ2v) is 9.90.